The van der Waals surface area contributed by atoms with Gasteiger partial charge in [0.1, 0.15) is 11.4 Å². The van der Waals surface area contributed by atoms with Gasteiger partial charge < -0.3 is 15.1 Å². The van der Waals surface area contributed by atoms with Crippen LogP contribution in [0.1, 0.15) is 39.9 Å². The van der Waals surface area contributed by atoms with Crippen LogP contribution in [0.3, 0.4) is 0 Å². The van der Waals surface area contributed by atoms with E-state index in [1.54, 1.807) is 23.1 Å². The number of nitrogens with one attached hydrogen (secondary N) is 1. The van der Waals surface area contributed by atoms with Gasteiger partial charge in [-0.1, -0.05) is 36.4 Å². The maximum Gasteiger partial charge on any atom is 0.272 e. The van der Waals surface area contributed by atoms with Gasteiger partial charge in [-0.15, -0.1) is 0 Å². The van der Waals surface area contributed by atoms with E-state index in [4.69, 9.17) is 0 Å². The van der Waals surface area contributed by atoms with Gasteiger partial charge in [0.2, 0.25) is 0 Å². The Morgan fingerprint density at radius 2 is 1.70 bits per heavy atom. The van der Waals surface area contributed by atoms with Crippen LogP contribution in [0.2, 0.25) is 0 Å². The van der Waals surface area contributed by atoms with E-state index in [-0.39, 0.29) is 23.2 Å². The molecule has 2 rings (SSSR count). The van der Waals surface area contributed by atoms with Crippen molar-refractivity contribution in [3.05, 3.63) is 65.5 Å². The van der Waals surface area contributed by atoms with E-state index in [2.05, 4.69) is 15.2 Å². The van der Waals surface area contributed by atoms with Gasteiger partial charge in [0.25, 0.3) is 11.8 Å². The predicted octanol–water partition coefficient (Wildman–Crippen LogP) is 2.43. The maximum atomic E-state index is 12.8. The lowest BCUT2D eigenvalue weighted by atomic mass is 10.2. The molecule has 0 radical (unpaired) electrons. The standard InChI is InChI=1S/C21H28N4O2/c1-4-25(16-17-10-6-5-7-11-17)21(27)19-13-8-12-18(23-19)20(26)22-14-9-15-24(2)3/h5-8,10-13H,4,9,14-16H2,1-3H3,(H,22,26). The average molecular weight is 368 g/mol. The molecule has 1 aromatic heterocycles. The lowest BCUT2D eigenvalue weighted by Crippen LogP contribution is -2.32. The first-order chi connectivity index (χ1) is 13.0. The molecule has 6 nitrogen and oxygen atoms in total. The fraction of sp³-hybridized carbons (Fsp3) is 0.381. The van der Waals surface area contributed by atoms with E-state index in [0.29, 0.717) is 19.6 Å². The van der Waals surface area contributed by atoms with E-state index < -0.39 is 0 Å². The van der Waals surface area contributed by atoms with Gasteiger partial charge >= 0.3 is 0 Å². The van der Waals surface area contributed by atoms with Crippen molar-refractivity contribution in [2.75, 3.05) is 33.7 Å². The zero-order valence-corrected chi connectivity index (χ0v) is 16.3. The van der Waals surface area contributed by atoms with Crippen LogP contribution in [0, 0.1) is 0 Å². The molecule has 0 bridgehead atoms. The fourth-order valence-electron chi connectivity index (χ4n) is 2.66. The first-order valence-electron chi connectivity index (χ1n) is 9.24. The molecule has 6 heteroatoms. The number of hydrogen-bond acceptors (Lipinski definition) is 4. The summed E-state index contributed by atoms with van der Waals surface area (Å²) in [4.78, 5) is 33.2. The van der Waals surface area contributed by atoms with Gasteiger partial charge in [0, 0.05) is 19.6 Å². The van der Waals surface area contributed by atoms with E-state index >= 15 is 0 Å². The second-order valence-electron chi connectivity index (χ2n) is 6.63. The molecular weight excluding hydrogens is 340 g/mol. The Bertz CT molecular complexity index is 747. The molecule has 0 spiro atoms. The average Bonchev–Trinajstić information content (AvgIpc) is 2.69. The van der Waals surface area contributed by atoms with Gasteiger partial charge in [-0.3, -0.25) is 9.59 Å². The Morgan fingerprint density at radius 3 is 2.37 bits per heavy atom. The molecule has 0 saturated heterocycles. The van der Waals surface area contributed by atoms with Crippen molar-refractivity contribution < 1.29 is 9.59 Å². The lowest BCUT2D eigenvalue weighted by molar-refractivity contribution is 0.0746. The highest BCUT2D eigenvalue weighted by atomic mass is 16.2. The summed E-state index contributed by atoms with van der Waals surface area (Å²) in [6, 6.07) is 14.8. The maximum absolute atomic E-state index is 12.8. The minimum Gasteiger partial charge on any atom is -0.351 e. The smallest absolute Gasteiger partial charge is 0.272 e. The van der Waals surface area contributed by atoms with Crippen molar-refractivity contribution in [2.24, 2.45) is 0 Å². The number of benzene rings is 1. The second kappa shape index (κ2) is 10.4. The first kappa shape index (κ1) is 20.6. The molecule has 0 saturated carbocycles. The summed E-state index contributed by atoms with van der Waals surface area (Å²) in [5.41, 5.74) is 1.61. The second-order valence-corrected chi connectivity index (χ2v) is 6.63. The van der Waals surface area contributed by atoms with Crippen molar-refractivity contribution in [3.8, 4) is 0 Å². The highest BCUT2D eigenvalue weighted by molar-refractivity contribution is 5.96. The predicted molar refractivity (Wildman–Crippen MR) is 107 cm³/mol. The topological polar surface area (TPSA) is 65.5 Å². The van der Waals surface area contributed by atoms with Crippen LogP contribution in [0.5, 0.6) is 0 Å². The Balaban J connectivity index is 2.01. The largest absolute Gasteiger partial charge is 0.351 e. The Labute approximate surface area is 161 Å². The normalized spacial score (nSPS) is 10.7. The van der Waals surface area contributed by atoms with Crippen molar-refractivity contribution in [1.29, 1.82) is 0 Å². The summed E-state index contributed by atoms with van der Waals surface area (Å²) in [7, 11) is 3.99. The van der Waals surface area contributed by atoms with Gasteiger partial charge in [0.15, 0.2) is 0 Å². The number of amides is 2. The van der Waals surface area contributed by atoms with E-state index in [1.165, 1.54) is 0 Å². The molecule has 1 N–H and O–H groups in total. The number of hydrogen-bond donors (Lipinski definition) is 1. The van der Waals surface area contributed by atoms with Gasteiger partial charge in [0.05, 0.1) is 0 Å². The van der Waals surface area contributed by atoms with Crippen molar-refractivity contribution in [3.63, 3.8) is 0 Å². The number of aromatic nitrogens is 1. The highest BCUT2D eigenvalue weighted by Crippen LogP contribution is 2.09. The summed E-state index contributed by atoms with van der Waals surface area (Å²) in [5.74, 6) is -0.432. The zero-order valence-electron chi connectivity index (χ0n) is 16.3. The number of carbonyl (C=O) groups excluding carboxylic acids is 2. The van der Waals surface area contributed by atoms with Crippen LogP contribution in [-0.2, 0) is 6.54 Å². The molecule has 0 aliphatic rings. The number of carbonyl (C=O) groups is 2. The van der Waals surface area contributed by atoms with E-state index in [9.17, 15) is 9.59 Å². The van der Waals surface area contributed by atoms with Crippen LogP contribution in [0.15, 0.2) is 48.5 Å². The molecule has 0 unspecified atom stereocenters. The Hall–Kier alpha value is -2.73. The SMILES string of the molecule is CCN(Cc1ccccc1)C(=O)c1cccc(C(=O)NCCCN(C)C)n1. The number of rotatable bonds is 9. The van der Waals surface area contributed by atoms with Crippen LogP contribution < -0.4 is 5.32 Å². The first-order valence-corrected chi connectivity index (χ1v) is 9.24. The van der Waals surface area contributed by atoms with Crippen LogP contribution >= 0.6 is 0 Å². The fourth-order valence-corrected chi connectivity index (χ4v) is 2.66. The quantitative estimate of drug-likeness (QED) is 0.691. The molecule has 1 aromatic carbocycles. The summed E-state index contributed by atoms with van der Waals surface area (Å²) >= 11 is 0. The molecule has 0 atom stereocenters. The molecule has 0 aliphatic heterocycles. The molecule has 0 fully saturated rings. The molecular formula is C21H28N4O2. The number of nitrogens with zero attached hydrogens (tertiary/aromatic N) is 3. The van der Waals surface area contributed by atoms with E-state index in [0.717, 1.165) is 18.5 Å². The molecule has 2 aromatic rings. The summed E-state index contributed by atoms with van der Waals surface area (Å²) in [6.45, 7) is 4.49. The lowest BCUT2D eigenvalue weighted by Gasteiger charge is -2.20. The van der Waals surface area contributed by atoms with Gasteiger partial charge in [-0.2, -0.15) is 0 Å². The highest BCUT2D eigenvalue weighted by Gasteiger charge is 2.17. The van der Waals surface area contributed by atoms with Gasteiger partial charge in [-0.25, -0.2) is 4.98 Å². The monoisotopic (exact) mass is 368 g/mol. The van der Waals surface area contributed by atoms with Crippen molar-refractivity contribution >= 4 is 11.8 Å². The third kappa shape index (κ3) is 6.49. The third-order valence-corrected chi connectivity index (χ3v) is 4.15. The number of pyridine rings is 1. The van der Waals surface area contributed by atoms with E-state index in [1.807, 2.05) is 51.4 Å². The zero-order chi connectivity index (χ0) is 19.6. The van der Waals surface area contributed by atoms with Crippen molar-refractivity contribution in [2.45, 2.75) is 19.9 Å². The minimum atomic E-state index is -0.255. The van der Waals surface area contributed by atoms with Crippen LogP contribution in [-0.4, -0.2) is 60.3 Å². The Morgan fingerprint density at radius 1 is 1.00 bits per heavy atom. The van der Waals surface area contributed by atoms with Crippen LogP contribution in [0.25, 0.3) is 0 Å². The minimum absolute atomic E-state index is 0.177. The molecule has 2 amide bonds. The van der Waals surface area contributed by atoms with Crippen LogP contribution in [0.4, 0.5) is 0 Å². The van der Waals surface area contributed by atoms with Gasteiger partial charge in [-0.05, 0) is 51.7 Å². The molecule has 1 heterocycles. The molecule has 27 heavy (non-hydrogen) atoms. The summed E-state index contributed by atoms with van der Waals surface area (Å²) in [6.07, 6.45) is 0.859. The Kier molecular flexibility index (Phi) is 7.95. The molecule has 144 valence electrons. The molecule has 0 aliphatic carbocycles. The van der Waals surface area contributed by atoms with Crippen molar-refractivity contribution in [1.82, 2.24) is 20.1 Å². The summed E-state index contributed by atoms with van der Waals surface area (Å²) in [5, 5.41) is 2.85. The summed E-state index contributed by atoms with van der Waals surface area (Å²) < 4.78 is 0. The third-order valence-electron chi connectivity index (χ3n) is 4.15.